The normalized spacial score (nSPS) is 26.0. The lowest BCUT2D eigenvalue weighted by atomic mass is 10.1. The summed E-state index contributed by atoms with van der Waals surface area (Å²) < 4.78 is 0.796. The first-order chi connectivity index (χ1) is 6.45. The molecule has 0 bridgehead atoms. The minimum atomic E-state index is -0.765. The molecule has 3 nitrogen and oxygen atoms in total. The van der Waals surface area contributed by atoms with Crippen LogP contribution in [0.2, 0.25) is 0 Å². The third-order valence-electron chi connectivity index (χ3n) is 1.85. The molecule has 0 radical (unpaired) electrons. The van der Waals surface area contributed by atoms with Gasteiger partial charge >= 0.3 is 0 Å². The highest BCUT2D eigenvalue weighted by atomic mass is 79.9. The largest absolute Gasteiger partial charge is 0.356 e. The monoisotopic (exact) mass is 278 g/mol. The second kappa shape index (κ2) is 4.36. The number of hydrogen-bond donors (Lipinski definition) is 2. The SMILES string of the molecule is CCC(=O)NC1=CC=C(Br)NC1(C)Cl. The Morgan fingerprint density at radius 3 is 2.86 bits per heavy atom. The molecule has 0 aromatic carbocycles. The fourth-order valence-electron chi connectivity index (χ4n) is 1.04. The molecule has 0 aromatic rings. The zero-order chi connectivity index (χ0) is 10.8. The maximum Gasteiger partial charge on any atom is 0.223 e. The molecule has 0 fully saturated rings. The number of carbonyl (C=O) groups is 1. The van der Waals surface area contributed by atoms with Crippen molar-refractivity contribution in [2.75, 3.05) is 0 Å². The van der Waals surface area contributed by atoms with Gasteiger partial charge < -0.3 is 10.6 Å². The molecule has 1 unspecified atom stereocenters. The van der Waals surface area contributed by atoms with Crippen molar-refractivity contribution in [3.05, 3.63) is 22.5 Å². The molecule has 1 atom stereocenters. The zero-order valence-electron chi connectivity index (χ0n) is 8.03. The lowest BCUT2D eigenvalue weighted by Gasteiger charge is -2.30. The Balaban J connectivity index is 2.80. The Labute approximate surface area is 96.7 Å². The van der Waals surface area contributed by atoms with Crippen molar-refractivity contribution >= 4 is 33.4 Å². The summed E-state index contributed by atoms with van der Waals surface area (Å²) in [6.07, 6.45) is 4.02. The van der Waals surface area contributed by atoms with Gasteiger partial charge in [0.1, 0.15) is 0 Å². The fraction of sp³-hybridized carbons (Fsp3) is 0.444. The van der Waals surface area contributed by atoms with Crippen molar-refractivity contribution < 1.29 is 4.79 Å². The molecule has 0 saturated carbocycles. The van der Waals surface area contributed by atoms with Gasteiger partial charge in [-0.05, 0) is 35.0 Å². The van der Waals surface area contributed by atoms with Crippen LogP contribution in [-0.2, 0) is 4.79 Å². The van der Waals surface area contributed by atoms with Gasteiger partial charge in [-0.1, -0.05) is 18.5 Å². The van der Waals surface area contributed by atoms with E-state index in [0.717, 1.165) is 4.61 Å². The summed E-state index contributed by atoms with van der Waals surface area (Å²) in [5.74, 6) is -0.0450. The Morgan fingerprint density at radius 2 is 2.36 bits per heavy atom. The van der Waals surface area contributed by atoms with Crippen LogP contribution in [0.4, 0.5) is 0 Å². The Kier molecular flexibility index (Phi) is 3.61. The van der Waals surface area contributed by atoms with E-state index in [1.54, 1.807) is 26.0 Å². The van der Waals surface area contributed by atoms with Crippen molar-refractivity contribution in [3.63, 3.8) is 0 Å². The smallest absolute Gasteiger partial charge is 0.223 e. The molecule has 0 saturated heterocycles. The van der Waals surface area contributed by atoms with Gasteiger partial charge in [0, 0.05) is 6.42 Å². The van der Waals surface area contributed by atoms with Crippen molar-refractivity contribution in [1.29, 1.82) is 0 Å². The van der Waals surface area contributed by atoms with Gasteiger partial charge in [-0.2, -0.15) is 0 Å². The van der Waals surface area contributed by atoms with Gasteiger partial charge in [0.2, 0.25) is 5.91 Å². The van der Waals surface area contributed by atoms with Gasteiger partial charge in [0.15, 0.2) is 5.00 Å². The van der Waals surface area contributed by atoms with Crippen LogP contribution in [0.5, 0.6) is 0 Å². The highest BCUT2D eigenvalue weighted by Gasteiger charge is 2.29. The van der Waals surface area contributed by atoms with E-state index in [1.165, 1.54) is 0 Å². The summed E-state index contributed by atoms with van der Waals surface area (Å²) in [6.45, 7) is 3.58. The number of alkyl halides is 1. The van der Waals surface area contributed by atoms with Crippen LogP contribution in [0.3, 0.4) is 0 Å². The lowest BCUT2D eigenvalue weighted by Crippen LogP contribution is -2.45. The summed E-state index contributed by atoms with van der Waals surface area (Å²) in [4.78, 5) is 10.4. The van der Waals surface area contributed by atoms with Crippen LogP contribution in [0.15, 0.2) is 22.5 Å². The van der Waals surface area contributed by atoms with Crippen LogP contribution in [0, 0.1) is 0 Å². The first kappa shape index (κ1) is 11.6. The number of nitrogens with one attached hydrogen (secondary N) is 2. The summed E-state index contributed by atoms with van der Waals surface area (Å²) in [6, 6.07) is 0. The predicted octanol–water partition coefficient (Wildman–Crippen LogP) is 2.19. The van der Waals surface area contributed by atoms with E-state index >= 15 is 0 Å². The third kappa shape index (κ3) is 2.75. The number of halogens is 2. The van der Waals surface area contributed by atoms with E-state index in [1.807, 2.05) is 0 Å². The van der Waals surface area contributed by atoms with Gasteiger partial charge in [0.05, 0.1) is 10.3 Å². The number of rotatable bonds is 2. The van der Waals surface area contributed by atoms with Crippen molar-refractivity contribution in [2.24, 2.45) is 0 Å². The Hall–Kier alpha value is -0.480. The van der Waals surface area contributed by atoms with E-state index in [9.17, 15) is 4.79 Å². The van der Waals surface area contributed by atoms with Gasteiger partial charge in [-0.15, -0.1) is 0 Å². The number of hydrogen-bond acceptors (Lipinski definition) is 2. The summed E-state index contributed by atoms with van der Waals surface area (Å²) in [5, 5.41) is 5.74. The predicted molar refractivity (Wildman–Crippen MR) is 60.9 cm³/mol. The maximum absolute atomic E-state index is 11.2. The van der Waals surface area contributed by atoms with Crippen molar-refractivity contribution in [2.45, 2.75) is 25.3 Å². The average Bonchev–Trinajstić information content (AvgIpc) is 2.08. The topological polar surface area (TPSA) is 41.1 Å². The lowest BCUT2D eigenvalue weighted by molar-refractivity contribution is -0.120. The molecule has 1 aliphatic heterocycles. The third-order valence-corrected chi connectivity index (χ3v) is 2.61. The second-order valence-corrected chi connectivity index (χ2v) is 4.73. The molecule has 1 rings (SSSR count). The standard InChI is InChI=1S/C9H12BrClN2O/c1-3-8(14)12-6-4-5-7(10)13-9(6,2)11/h4-5,13H,3H2,1-2H3,(H,12,14). The summed E-state index contributed by atoms with van der Waals surface area (Å²) in [5.41, 5.74) is 0.661. The van der Waals surface area contributed by atoms with Crippen LogP contribution in [-0.4, -0.2) is 10.9 Å². The van der Waals surface area contributed by atoms with E-state index < -0.39 is 5.00 Å². The minimum Gasteiger partial charge on any atom is -0.356 e. The number of carbonyl (C=O) groups excluding carboxylic acids is 1. The minimum absolute atomic E-state index is 0.0450. The molecular formula is C9H12BrClN2O. The molecule has 1 heterocycles. The molecule has 1 amide bonds. The summed E-state index contributed by atoms with van der Waals surface area (Å²) in [7, 11) is 0. The van der Waals surface area contributed by atoms with E-state index in [4.69, 9.17) is 11.6 Å². The molecular weight excluding hydrogens is 267 g/mol. The highest BCUT2D eigenvalue weighted by molar-refractivity contribution is 9.11. The molecule has 0 aromatic heterocycles. The van der Waals surface area contributed by atoms with Crippen LogP contribution >= 0.6 is 27.5 Å². The quantitative estimate of drug-likeness (QED) is 0.601. The first-order valence-corrected chi connectivity index (χ1v) is 5.47. The van der Waals surface area contributed by atoms with Gasteiger partial charge in [0.25, 0.3) is 0 Å². The number of dihydropyridines is 1. The molecule has 14 heavy (non-hydrogen) atoms. The van der Waals surface area contributed by atoms with Crippen molar-refractivity contribution in [1.82, 2.24) is 10.6 Å². The van der Waals surface area contributed by atoms with Gasteiger partial charge in [-0.25, -0.2) is 0 Å². The van der Waals surface area contributed by atoms with Crippen molar-refractivity contribution in [3.8, 4) is 0 Å². The van der Waals surface area contributed by atoms with E-state index in [2.05, 4.69) is 26.6 Å². The molecule has 0 spiro atoms. The van der Waals surface area contributed by atoms with Crippen LogP contribution < -0.4 is 10.6 Å². The summed E-state index contributed by atoms with van der Waals surface area (Å²) >= 11 is 9.45. The first-order valence-electron chi connectivity index (χ1n) is 4.30. The molecule has 5 heteroatoms. The van der Waals surface area contributed by atoms with Crippen LogP contribution in [0.25, 0.3) is 0 Å². The maximum atomic E-state index is 11.2. The Bertz CT molecular complexity index is 310. The zero-order valence-corrected chi connectivity index (χ0v) is 10.4. The molecule has 2 N–H and O–H groups in total. The number of allylic oxidation sites excluding steroid dienone is 2. The van der Waals surface area contributed by atoms with Gasteiger partial charge in [-0.3, -0.25) is 4.79 Å². The average molecular weight is 280 g/mol. The molecule has 1 aliphatic rings. The van der Waals surface area contributed by atoms with E-state index in [-0.39, 0.29) is 5.91 Å². The molecule has 78 valence electrons. The fourth-order valence-corrected chi connectivity index (χ4v) is 1.90. The van der Waals surface area contributed by atoms with E-state index in [0.29, 0.717) is 12.1 Å². The van der Waals surface area contributed by atoms with Crippen LogP contribution in [0.1, 0.15) is 20.3 Å². The highest BCUT2D eigenvalue weighted by Crippen LogP contribution is 2.26. The second-order valence-electron chi connectivity index (χ2n) is 3.12. The number of amides is 1. The molecule has 0 aliphatic carbocycles. The Morgan fingerprint density at radius 1 is 1.71 bits per heavy atom.